The molecule has 0 aromatic carbocycles. The first-order chi connectivity index (χ1) is 12.2. The van der Waals surface area contributed by atoms with Gasteiger partial charge in [-0.05, 0) is 86.5 Å². The van der Waals surface area contributed by atoms with Crippen LogP contribution in [0.3, 0.4) is 0 Å². The van der Waals surface area contributed by atoms with Crippen molar-refractivity contribution in [3.63, 3.8) is 0 Å². The van der Waals surface area contributed by atoms with E-state index in [4.69, 9.17) is 6.42 Å². The van der Waals surface area contributed by atoms with Gasteiger partial charge in [0.2, 0.25) is 0 Å². The minimum absolute atomic E-state index is 0.0531. The van der Waals surface area contributed by atoms with Gasteiger partial charge in [-0.3, -0.25) is 9.59 Å². The molecule has 0 aromatic rings. The summed E-state index contributed by atoms with van der Waals surface area (Å²) >= 11 is 0. The van der Waals surface area contributed by atoms with Gasteiger partial charge in [0.1, 0.15) is 5.78 Å². The maximum Gasteiger partial charge on any atom is 0.158 e. The number of carbonyl (C=O) groups is 2. The topological polar surface area (TPSA) is 34.1 Å². The van der Waals surface area contributed by atoms with Crippen molar-refractivity contribution in [2.24, 2.45) is 39.9 Å². The largest absolute Gasteiger partial charge is 0.298 e. The fraction of sp³-hybridized carbons (Fsp3) is 0.750. The Morgan fingerprint density at radius 2 is 1.88 bits per heavy atom. The van der Waals surface area contributed by atoms with Crippen LogP contribution in [-0.4, -0.2) is 11.6 Å². The third-order valence-electron chi connectivity index (χ3n) is 9.31. The Morgan fingerprint density at radius 1 is 1.19 bits per heavy atom. The average molecular weight is 353 g/mol. The van der Waals surface area contributed by atoms with Crippen LogP contribution in [0, 0.1) is 52.3 Å². The Morgan fingerprint density at radius 3 is 2.54 bits per heavy atom. The maximum absolute atomic E-state index is 12.6. The number of hydrogen-bond donors (Lipinski definition) is 0. The van der Waals surface area contributed by atoms with Crippen molar-refractivity contribution < 1.29 is 9.59 Å². The molecule has 0 bridgehead atoms. The molecule has 2 heteroatoms. The quantitative estimate of drug-likeness (QED) is 0.624. The van der Waals surface area contributed by atoms with E-state index in [9.17, 15) is 9.59 Å². The van der Waals surface area contributed by atoms with Crippen molar-refractivity contribution in [3.8, 4) is 12.3 Å². The highest BCUT2D eigenvalue weighted by Crippen LogP contribution is 2.70. The summed E-state index contributed by atoms with van der Waals surface area (Å²) in [4.78, 5) is 24.8. The van der Waals surface area contributed by atoms with Crippen LogP contribution in [-0.2, 0) is 9.59 Å². The summed E-state index contributed by atoms with van der Waals surface area (Å²) in [5.74, 6) is 5.47. The second-order valence-electron chi connectivity index (χ2n) is 10.1. The molecule has 0 N–H and O–H groups in total. The summed E-state index contributed by atoms with van der Waals surface area (Å²) in [5, 5.41) is 0. The number of carbonyl (C=O) groups excluding carboxylic acids is 2. The molecule has 26 heavy (non-hydrogen) atoms. The van der Waals surface area contributed by atoms with Gasteiger partial charge in [0.15, 0.2) is 5.78 Å². The number of Topliss-reactive ketones (excluding diaryl/α,β-unsaturated/α-hetero) is 1. The van der Waals surface area contributed by atoms with Crippen molar-refractivity contribution in [3.05, 3.63) is 11.6 Å². The molecule has 0 heterocycles. The van der Waals surface area contributed by atoms with Gasteiger partial charge in [-0.2, -0.15) is 0 Å². The second-order valence-corrected chi connectivity index (χ2v) is 10.1. The third-order valence-corrected chi connectivity index (χ3v) is 9.31. The summed E-state index contributed by atoms with van der Waals surface area (Å²) in [6.07, 6.45) is 15.3. The van der Waals surface area contributed by atoms with Crippen molar-refractivity contribution in [2.75, 3.05) is 0 Å². The molecule has 0 aliphatic heterocycles. The van der Waals surface area contributed by atoms with Gasteiger partial charge in [-0.15, -0.1) is 6.42 Å². The van der Waals surface area contributed by atoms with Gasteiger partial charge in [0.25, 0.3) is 0 Å². The van der Waals surface area contributed by atoms with Crippen LogP contribution in [0.15, 0.2) is 11.6 Å². The minimum atomic E-state index is -0.560. The number of hydrogen-bond acceptors (Lipinski definition) is 2. The molecule has 7 atom stereocenters. The first-order valence-electron chi connectivity index (χ1n) is 10.4. The van der Waals surface area contributed by atoms with Crippen LogP contribution >= 0.6 is 0 Å². The van der Waals surface area contributed by atoms with E-state index in [0.29, 0.717) is 23.5 Å². The molecule has 0 spiro atoms. The number of rotatable bonds is 1. The molecule has 4 aliphatic rings. The molecule has 3 fully saturated rings. The first kappa shape index (κ1) is 18.0. The van der Waals surface area contributed by atoms with Crippen LogP contribution in [0.25, 0.3) is 0 Å². The molecular formula is C24H32O2. The summed E-state index contributed by atoms with van der Waals surface area (Å²) in [7, 11) is 0. The van der Waals surface area contributed by atoms with Gasteiger partial charge in [0, 0.05) is 5.92 Å². The Hall–Kier alpha value is -1.36. The molecular weight excluding hydrogens is 320 g/mol. The summed E-state index contributed by atoms with van der Waals surface area (Å²) in [6.45, 7) is 8.52. The minimum Gasteiger partial charge on any atom is -0.298 e. The molecule has 3 saturated carbocycles. The summed E-state index contributed by atoms with van der Waals surface area (Å²) in [5.41, 5.74) is 0.950. The zero-order chi connectivity index (χ0) is 18.9. The molecule has 4 aliphatic carbocycles. The highest BCUT2D eigenvalue weighted by Gasteiger charge is 2.65. The number of fused-ring (bicyclic) bond motifs is 5. The smallest absolute Gasteiger partial charge is 0.158 e. The number of ketones is 2. The van der Waals surface area contributed by atoms with E-state index in [2.05, 4.69) is 26.7 Å². The molecule has 2 nitrogen and oxygen atoms in total. The number of allylic oxidation sites excluding steroid dienone is 1. The van der Waals surface area contributed by atoms with Gasteiger partial charge in [-0.1, -0.05) is 32.3 Å². The standard InChI is InChI=1S/C24H32O2/c1-6-24(16(3)25)12-10-20-18-8-7-17-13-21(26)15(2)14-22(17,4)19(18)9-11-23(20,24)5/h1,13,15,18-20H,7-12,14H2,2-5H3/t15?,18-,19+,20+,22+,23+,24-/m1/s1. The molecule has 0 saturated heterocycles. The SMILES string of the molecule is C#C[C@]1(C(C)=O)CC[C@H]2[C@@H]3CCC4=CC(=O)C(C)C[C@]4(C)[C@H]3CC[C@@]21C. The van der Waals surface area contributed by atoms with E-state index in [1.165, 1.54) is 5.57 Å². The molecule has 0 amide bonds. The lowest BCUT2D eigenvalue weighted by Gasteiger charge is -2.59. The Labute approximate surface area is 158 Å². The van der Waals surface area contributed by atoms with Crippen molar-refractivity contribution in [1.82, 2.24) is 0 Å². The van der Waals surface area contributed by atoms with Gasteiger partial charge in [0.05, 0.1) is 5.41 Å². The highest BCUT2D eigenvalue weighted by molar-refractivity contribution is 5.93. The summed E-state index contributed by atoms with van der Waals surface area (Å²) < 4.78 is 0. The van der Waals surface area contributed by atoms with Gasteiger partial charge < -0.3 is 0 Å². The predicted molar refractivity (Wildman–Crippen MR) is 103 cm³/mol. The lowest BCUT2D eigenvalue weighted by molar-refractivity contribution is -0.135. The molecule has 0 radical (unpaired) electrons. The predicted octanol–water partition coefficient (Wildman–Crippen LogP) is 4.97. The Balaban J connectivity index is 1.72. The van der Waals surface area contributed by atoms with E-state index in [1.807, 2.05) is 6.08 Å². The van der Waals surface area contributed by atoms with Gasteiger partial charge in [-0.25, -0.2) is 0 Å². The van der Waals surface area contributed by atoms with Gasteiger partial charge >= 0.3 is 0 Å². The highest BCUT2D eigenvalue weighted by atomic mass is 16.1. The van der Waals surface area contributed by atoms with Crippen molar-refractivity contribution >= 4 is 11.6 Å². The average Bonchev–Trinajstić information content (AvgIpc) is 2.90. The van der Waals surface area contributed by atoms with Crippen molar-refractivity contribution in [1.29, 1.82) is 0 Å². The van der Waals surface area contributed by atoms with E-state index in [-0.39, 0.29) is 22.5 Å². The van der Waals surface area contributed by atoms with E-state index < -0.39 is 5.41 Å². The number of terminal acetylenes is 1. The molecule has 140 valence electrons. The molecule has 1 unspecified atom stereocenters. The zero-order valence-corrected chi connectivity index (χ0v) is 16.7. The molecule has 4 rings (SSSR count). The second kappa shape index (κ2) is 5.57. The van der Waals surface area contributed by atoms with E-state index in [0.717, 1.165) is 44.9 Å². The van der Waals surface area contributed by atoms with Crippen LogP contribution in [0.4, 0.5) is 0 Å². The fourth-order valence-electron chi connectivity index (χ4n) is 7.85. The monoisotopic (exact) mass is 352 g/mol. The van der Waals surface area contributed by atoms with E-state index >= 15 is 0 Å². The lowest BCUT2D eigenvalue weighted by atomic mass is 9.44. The van der Waals surface area contributed by atoms with Crippen molar-refractivity contribution in [2.45, 2.75) is 72.6 Å². The fourth-order valence-corrected chi connectivity index (χ4v) is 7.85. The van der Waals surface area contributed by atoms with E-state index in [1.54, 1.807) is 6.92 Å². The lowest BCUT2D eigenvalue weighted by Crippen LogP contribution is -2.54. The van der Waals surface area contributed by atoms with Crippen LogP contribution < -0.4 is 0 Å². The van der Waals surface area contributed by atoms with Crippen LogP contribution in [0.1, 0.15) is 72.6 Å². The Kier molecular flexibility index (Phi) is 3.86. The third kappa shape index (κ3) is 2.01. The normalized spacial score (nSPS) is 50.1. The van der Waals surface area contributed by atoms with Crippen LogP contribution in [0.2, 0.25) is 0 Å². The Bertz CT molecular complexity index is 740. The van der Waals surface area contributed by atoms with Crippen LogP contribution in [0.5, 0.6) is 0 Å². The maximum atomic E-state index is 12.6. The first-order valence-corrected chi connectivity index (χ1v) is 10.4. The summed E-state index contributed by atoms with van der Waals surface area (Å²) in [6, 6.07) is 0. The zero-order valence-electron chi connectivity index (χ0n) is 16.7. The molecule has 0 aromatic heterocycles.